The van der Waals surface area contributed by atoms with Crippen molar-refractivity contribution >= 4 is 17.3 Å². The van der Waals surface area contributed by atoms with Crippen molar-refractivity contribution in [2.45, 2.75) is 6.92 Å². The normalized spacial score (nSPS) is 9.94. The molecule has 0 bridgehead atoms. The van der Waals surface area contributed by atoms with E-state index in [2.05, 4.69) is 10.6 Å². The molecular weight excluding hydrogens is 216 g/mol. The Kier molecular flexibility index (Phi) is 4.04. The van der Waals surface area contributed by atoms with E-state index in [1.807, 2.05) is 0 Å². The van der Waals surface area contributed by atoms with Crippen LogP contribution in [0.2, 0.25) is 0 Å². The Morgan fingerprint density at radius 3 is 2.44 bits per heavy atom. The van der Waals surface area contributed by atoms with Crippen LogP contribution in [0, 0.1) is 11.6 Å². The number of anilines is 2. The first-order chi connectivity index (χ1) is 7.54. The number of hydrogen-bond acceptors (Lipinski definition) is 3. The third kappa shape index (κ3) is 3.08. The van der Waals surface area contributed by atoms with Crippen molar-refractivity contribution in [1.82, 2.24) is 5.32 Å². The lowest BCUT2D eigenvalue weighted by Crippen LogP contribution is -2.29. The average molecular weight is 229 g/mol. The molecular formula is C10H13F2N3O. The van der Waals surface area contributed by atoms with E-state index in [-0.39, 0.29) is 23.8 Å². The molecule has 0 radical (unpaired) electrons. The van der Waals surface area contributed by atoms with Gasteiger partial charge in [-0.25, -0.2) is 8.78 Å². The molecule has 4 nitrogen and oxygen atoms in total. The second-order valence-electron chi connectivity index (χ2n) is 3.17. The van der Waals surface area contributed by atoms with E-state index in [1.165, 1.54) is 0 Å². The van der Waals surface area contributed by atoms with Crippen LogP contribution in [0.4, 0.5) is 20.2 Å². The molecule has 0 heterocycles. The van der Waals surface area contributed by atoms with E-state index in [1.54, 1.807) is 6.92 Å². The number of carbonyl (C=O) groups excluding carboxylic acids is 1. The van der Waals surface area contributed by atoms with Gasteiger partial charge in [-0.05, 0) is 19.1 Å². The number of benzene rings is 1. The molecule has 0 fully saturated rings. The van der Waals surface area contributed by atoms with Crippen LogP contribution in [0.15, 0.2) is 12.1 Å². The number of nitrogens with one attached hydrogen (secondary N) is 2. The molecule has 0 aliphatic carbocycles. The first-order valence-corrected chi connectivity index (χ1v) is 4.79. The van der Waals surface area contributed by atoms with Crippen LogP contribution in [0.1, 0.15) is 6.92 Å². The molecule has 0 aliphatic rings. The summed E-state index contributed by atoms with van der Waals surface area (Å²) >= 11 is 0. The van der Waals surface area contributed by atoms with Gasteiger partial charge in [-0.2, -0.15) is 0 Å². The summed E-state index contributed by atoms with van der Waals surface area (Å²) in [6.07, 6.45) is 0. The van der Waals surface area contributed by atoms with E-state index >= 15 is 0 Å². The van der Waals surface area contributed by atoms with Gasteiger partial charge in [0.05, 0.1) is 6.54 Å². The minimum Gasteiger partial charge on any atom is -0.399 e. The second-order valence-corrected chi connectivity index (χ2v) is 3.17. The lowest BCUT2D eigenvalue weighted by molar-refractivity contribution is -0.119. The molecule has 0 unspecified atom stereocenters. The zero-order chi connectivity index (χ0) is 12.1. The van der Waals surface area contributed by atoms with Crippen LogP contribution >= 0.6 is 0 Å². The maximum Gasteiger partial charge on any atom is 0.239 e. The summed E-state index contributed by atoms with van der Waals surface area (Å²) in [5, 5.41) is 4.87. The highest BCUT2D eigenvalue weighted by Crippen LogP contribution is 2.21. The van der Waals surface area contributed by atoms with Crippen LogP contribution in [0.5, 0.6) is 0 Å². The molecule has 0 aliphatic heterocycles. The lowest BCUT2D eigenvalue weighted by atomic mass is 10.2. The van der Waals surface area contributed by atoms with Crippen LogP contribution in [-0.4, -0.2) is 19.0 Å². The van der Waals surface area contributed by atoms with Gasteiger partial charge in [0.1, 0.15) is 5.69 Å². The largest absolute Gasteiger partial charge is 0.399 e. The summed E-state index contributed by atoms with van der Waals surface area (Å²) < 4.78 is 26.5. The molecule has 0 atom stereocenters. The van der Waals surface area contributed by atoms with E-state index in [4.69, 9.17) is 5.73 Å². The second kappa shape index (κ2) is 5.29. The fourth-order valence-corrected chi connectivity index (χ4v) is 1.19. The minimum atomic E-state index is -0.818. The summed E-state index contributed by atoms with van der Waals surface area (Å²) in [6, 6.07) is 1.98. The highest BCUT2D eigenvalue weighted by atomic mass is 19.1. The number of nitrogen functional groups attached to an aromatic ring is 1. The first-order valence-electron chi connectivity index (χ1n) is 4.79. The number of amides is 1. The highest BCUT2D eigenvalue weighted by Gasteiger charge is 2.10. The zero-order valence-electron chi connectivity index (χ0n) is 8.81. The van der Waals surface area contributed by atoms with Gasteiger partial charge < -0.3 is 16.4 Å². The first kappa shape index (κ1) is 12.2. The molecule has 1 aromatic rings. The number of nitrogens with two attached hydrogens (primary N) is 1. The third-order valence-electron chi connectivity index (χ3n) is 1.86. The highest BCUT2D eigenvalue weighted by molar-refractivity contribution is 5.80. The molecule has 1 amide bonds. The SMILES string of the molecule is CCNC(=O)CNc1c(F)cc(N)cc1F. The van der Waals surface area contributed by atoms with Gasteiger partial charge in [-0.15, -0.1) is 0 Å². The van der Waals surface area contributed by atoms with Gasteiger partial charge in [-0.3, -0.25) is 4.79 Å². The summed E-state index contributed by atoms with van der Waals surface area (Å²) in [5.74, 6) is -1.97. The van der Waals surface area contributed by atoms with Crippen molar-refractivity contribution in [2.75, 3.05) is 24.1 Å². The van der Waals surface area contributed by atoms with Crippen molar-refractivity contribution in [3.63, 3.8) is 0 Å². The van der Waals surface area contributed by atoms with Gasteiger partial charge in [0.15, 0.2) is 11.6 Å². The molecule has 0 saturated carbocycles. The predicted molar refractivity (Wildman–Crippen MR) is 57.9 cm³/mol. The molecule has 0 spiro atoms. The molecule has 6 heteroatoms. The Morgan fingerprint density at radius 2 is 1.94 bits per heavy atom. The zero-order valence-corrected chi connectivity index (χ0v) is 8.81. The van der Waals surface area contributed by atoms with Crippen molar-refractivity contribution in [1.29, 1.82) is 0 Å². The Balaban J connectivity index is 2.70. The minimum absolute atomic E-state index is 0.00133. The standard InChI is InChI=1S/C10H13F2N3O/c1-2-14-9(16)5-15-10-7(11)3-6(13)4-8(10)12/h3-4,15H,2,5,13H2,1H3,(H,14,16). The summed E-state index contributed by atoms with van der Waals surface area (Å²) in [6.45, 7) is 2.03. The van der Waals surface area contributed by atoms with Crippen LogP contribution < -0.4 is 16.4 Å². The number of halogens is 2. The van der Waals surface area contributed by atoms with Crippen LogP contribution in [0.25, 0.3) is 0 Å². The van der Waals surface area contributed by atoms with E-state index in [0.29, 0.717) is 6.54 Å². The summed E-state index contributed by atoms with van der Waals surface area (Å²) in [5.41, 5.74) is 4.90. The summed E-state index contributed by atoms with van der Waals surface area (Å²) in [4.78, 5) is 11.1. The Bertz CT molecular complexity index is 373. The molecule has 0 aromatic heterocycles. The van der Waals surface area contributed by atoms with Crippen LogP contribution in [0.3, 0.4) is 0 Å². The summed E-state index contributed by atoms with van der Waals surface area (Å²) in [7, 11) is 0. The Labute approximate surface area is 91.8 Å². The molecule has 1 aromatic carbocycles. The lowest BCUT2D eigenvalue weighted by Gasteiger charge is -2.09. The Morgan fingerprint density at radius 1 is 1.38 bits per heavy atom. The van der Waals surface area contributed by atoms with Crippen molar-refractivity contribution < 1.29 is 13.6 Å². The van der Waals surface area contributed by atoms with E-state index < -0.39 is 11.6 Å². The number of likely N-dealkylation sites (N-methyl/N-ethyl adjacent to an activating group) is 1. The topological polar surface area (TPSA) is 67.2 Å². The van der Waals surface area contributed by atoms with Crippen molar-refractivity contribution in [3.8, 4) is 0 Å². The molecule has 0 saturated heterocycles. The third-order valence-corrected chi connectivity index (χ3v) is 1.86. The van der Waals surface area contributed by atoms with Crippen molar-refractivity contribution in [3.05, 3.63) is 23.8 Å². The van der Waals surface area contributed by atoms with E-state index in [0.717, 1.165) is 12.1 Å². The quantitative estimate of drug-likeness (QED) is 0.677. The van der Waals surface area contributed by atoms with Gasteiger partial charge >= 0.3 is 0 Å². The number of hydrogen-bond donors (Lipinski definition) is 3. The molecule has 4 N–H and O–H groups in total. The fraction of sp³-hybridized carbons (Fsp3) is 0.300. The van der Waals surface area contributed by atoms with Crippen molar-refractivity contribution in [2.24, 2.45) is 0 Å². The predicted octanol–water partition coefficient (Wildman–Crippen LogP) is 1.09. The van der Waals surface area contributed by atoms with Gasteiger partial charge in [0.2, 0.25) is 5.91 Å². The number of rotatable bonds is 4. The molecule has 88 valence electrons. The molecule has 1 rings (SSSR count). The van der Waals surface area contributed by atoms with Crippen LogP contribution in [-0.2, 0) is 4.79 Å². The maximum atomic E-state index is 13.2. The smallest absolute Gasteiger partial charge is 0.239 e. The van der Waals surface area contributed by atoms with Gasteiger partial charge in [-0.1, -0.05) is 0 Å². The maximum absolute atomic E-state index is 13.2. The van der Waals surface area contributed by atoms with Gasteiger partial charge in [0, 0.05) is 12.2 Å². The molecule has 16 heavy (non-hydrogen) atoms. The number of carbonyl (C=O) groups is 1. The van der Waals surface area contributed by atoms with E-state index in [9.17, 15) is 13.6 Å². The average Bonchev–Trinajstić information content (AvgIpc) is 2.16. The fourth-order valence-electron chi connectivity index (χ4n) is 1.19. The monoisotopic (exact) mass is 229 g/mol. The van der Waals surface area contributed by atoms with Gasteiger partial charge in [0.25, 0.3) is 0 Å². The Hall–Kier alpha value is -1.85.